The van der Waals surface area contributed by atoms with Crippen molar-refractivity contribution in [1.82, 2.24) is 24.9 Å². The van der Waals surface area contributed by atoms with Gasteiger partial charge in [-0.25, -0.2) is 9.67 Å². The summed E-state index contributed by atoms with van der Waals surface area (Å²) in [7, 11) is 0. The highest BCUT2D eigenvalue weighted by molar-refractivity contribution is 5.97. The van der Waals surface area contributed by atoms with Crippen molar-refractivity contribution < 1.29 is 4.79 Å². The molecule has 3 aromatic rings. The first-order valence-electron chi connectivity index (χ1n) is 8.55. The van der Waals surface area contributed by atoms with Crippen LogP contribution in [0.25, 0.3) is 11.0 Å². The largest absolute Gasteiger partial charge is 0.353 e. The minimum absolute atomic E-state index is 0.0496. The van der Waals surface area contributed by atoms with Gasteiger partial charge < -0.3 is 9.80 Å². The van der Waals surface area contributed by atoms with E-state index in [4.69, 9.17) is 0 Å². The summed E-state index contributed by atoms with van der Waals surface area (Å²) in [6.07, 6.45) is 1.80. The molecule has 0 radical (unpaired) electrons. The smallest absolute Gasteiger partial charge is 0.254 e. The molecule has 128 valence electrons. The average molecular weight is 336 g/mol. The van der Waals surface area contributed by atoms with E-state index in [1.54, 1.807) is 6.20 Å². The molecule has 1 aromatic carbocycles. The van der Waals surface area contributed by atoms with Crippen molar-refractivity contribution in [2.24, 2.45) is 0 Å². The fourth-order valence-corrected chi connectivity index (χ4v) is 3.20. The zero-order chi connectivity index (χ0) is 17.2. The van der Waals surface area contributed by atoms with Crippen molar-refractivity contribution >= 4 is 22.8 Å². The third-order valence-corrected chi connectivity index (χ3v) is 4.60. The standard InChI is InChI=1S/C18H20N6O/c1-2-24-16-7-6-14(13-15(16)20-21-24)18(25)23-11-9-22(10-12-23)17-5-3-4-8-19-17/h3-8,13H,2,9-12H2,1H3. The molecule has 25 heavy (non-hydrogen) atoms. The summed E-state index contributed by atoms with van der Waals surface area (Å²) in [5.41, 5.74) is 2.39. The lowest BCUT2D eigenvalue weighted by atomic mass is 10.1. The van der Waals surface area contributed by atoms with Crippen molar-refractivity contribution in [3.63, 3.8) is 0 Å². The molecule has 3 heterocycles. The summed E-state index contributed by atoms with van der Waals surface area (Å²) in [6.45, 7) is 5.74. The molecule has 0 atom stereocenters. The number of aromatic nitrogens is 4. The predicted octanol–water partition coefficient (Wildman–Crippen LogP) is 1.81. The van der Waals surface area contributed by atoms with Gasteiger partial charge in [-0.2, -0.15) is 0 Å². The Labute approximate surface area is 145 Å². The zero-order valence-corrected chi connectivity index (χ0v) is 14.2. The summed E-state index contributed by atoms with van der Waals surface area (Å²) in [4.78, 5) is 21.3. The van der Waals surface area contributed by atoms with E-state index < -0.39 is 0 Å². The van der Waals surface area contributed by atoms with Crippen LogP contribution in [-0.2, 0) is 6.54 Å². The van der Waals surface area contributed by atoms with Gasteiger partial charge in [-0.15, -0.1) is 5.10 Å². The van der Waals surface area contributed by atoms with E-state index in [0.29, 0.717) is 18.7 Å². The van der Waals surface area contributed by atoms with Crippen LogP contribution in [0.1, 0.15) is 17.3 Å². The lowest BCUT2D eigenvalue weighted by molar-refractivity contribution is 0.0746. The van der Waals surface area contributed by atoms with Gasteiger partial charge in [0.15, 0.2) is 0 Å². The molecule has 7 nitrogen and oxygen atoms in total. The predicted molar refractivity (Wildman–Crippen MR) is 95.6 cm³/mol. The number of anilines is 1. The highest BCUT2D eigenvalue weighted by atomic mass is 16.2. The van der Waals surface area contributed by atoms with Crippen LogP contribution in [-0.4, -0.2) is 57.0 Å². The van der Waals surface area contributed by atoms with Crippen LogP contribution in [0, 0.1) is 0 Å². The van der Waals surface area contributed by atoms with Gasteiger partial charge in [-0.1, -0.05) is 11.3 Å². The molecule has 7 heteroatoms. The molecule has 2 aromatic heterocycles. The normalized spacial score (nSPS) is 14.9. The molecule has 1 fully saturated rings. The first-order chi connectivity index (χ1) is 12.3. The zero-order valence-electron chi connectivity index (χ0n) is 14.2. The van der Waals surface area contributed by atoms with Gasteiger partial charge in [0.25, 0.3) is 5.91 Å². The van der Waals surface area contributed by atoms with E-state index in [0.717, 1.165) is 36.5 Å². The number of hydrogen-bond acceptors (Lipinski definition) is 5. The number of hydrogen-bond donors (Lipinski definition) is 0. The van der Waals surface area contributed by atoms with Gasteiger partial charge in [0.2, 0.25) is 0 Å². The Kier molecular flexibility index (Phi) is 4.05. The second kappa shape index (κ2) is 6.51. The number of benzene rings is 1. The van der Waals surface area contributed by atoms with Crippen LogP contribution in [0.15, 0.2) is 42.6 Å². The first-order valence-corrected chi connectivity index (χ1v) is 8.55. The maximum atomic E-state index is 12.8. The number of amides is 1. The average Bonchev–Trinajstić information content (AvgIpc) is 3.10. The second-order valence-corrected chi connectivity index (χ2v) is 6.08. The number of pyridine rings is 1. The molecule has 0 bridgehead atoms. The maximum absolute atomic E-state index is 12.8. The quantitative estimate of drug-likeness (QED) is 0.730. The molecule has 1 amide bonds. The molecule has 0 spiro atoms. The lowest BCUT2D eigenvalue weighted by Gasteiger charge is -2.35. The van der Waals surface area contributed by atoms with Gasteiger partial charge in [-0.05, 0) is 37.3 Å². The third-order valence-electron chi connectivity index (χ3n) is 4.60. The van der Waals surface area contributed by atoms with Crippen LogP contribution in [0.5, 0.6) is 0 Å². The molecule has 0 unspecified atom stereocenters. The number of fused-ring (bicyclic) bond motifs is 1. The fraction of sp³-hybridized carbons (Fsp3) is 0.333. The molecule has 4 rings (SSSR count). The molecule has 1 aliphatic rings. The van der Waals surface area contributed by atoms with Gasteiger partial charge in [0.05, 0.1) is 5.52 Å². The van der Waals surface area contributed by atoms with E-state index in [-0.39, 0.29) is 5.91 Å². The van der Waals surface area contributed by atoms with Gasteiger partial charge in [-0.3, -0.25) is 4.79 Å². The Morgan fingerprint density at radius 3 is 2.68 bits per heavy atom. The van der Waals surface area contributed by atoms with Gasteiger partial charge >= 0.3 is 0 Å². The Bertz CT molecular complexity index is 883. The summed E-state index contributed by atoms with van der Waals surface area (Å²) in [6, 6.07) is 11.5. The van der Waals surface area contributed by atoms with Crippen LogP contribution in [0.3, 0.4) is 0 Å². The third kappa shape index (κ3) is 2.93. The van der Waals surface area contributed by atoms with Crippen LogP contribution in [0.2, 0.25) is 0 Å². The van der Waals surface area contributed by atoms with Crippen molar-refractivity contribution in [3.8, 4) is 0 Å². The van der Waals surface area contributed by atoms with Gasteiger partial charge in [0, 0.05) is 44.5 Å². The number of rotatable bonds is 3. The SMILES string of the molecule is CCn1nnc2cc(C(=O)N3CCN(c4ccccn4)CC3)ccc21. The van der Waals surface area contributed by atoms with Crippen molar-refractivity contribution in [2.75, 3.05) is 31.1 Å². The summed E-state index contributed by atoms with van der Waals surface area (Å²) in [5, 5.41) is 8.25. The molecular weight excluding hydrogens is 316 g/mol. The Hall–Kier alpha value is -2.96. The second-order valence-electron chi connectivity index (χ2n) is 6.08. The number of aryl methyl sites for hydroxylation is 1. The maximum Gasteiger partial charge on any atom is 0.254 e. The van der Waals surface area contributed by atoms with Crippen LogP contribution in [0.4, 0.5) is 5.82 Å². The van der Waals surface area contributed by atoms with E-state index >= 15 is 0 Å². The first kappa shape index (κ1) is 15.6. The molecular formula is C18H20N6O. The summed E-state index contributed by atoms with van der Waals surface area (Å²) >= 11 is 0. The highest BCUT2D eigenvalue weighted by Crippen LogP contribution is 2.17. The van der Waals surface area contributed by atoms with Crippen LogP contribution < -0.4 is 4.90 Å². The summed E-state index contributed by atoms with van der Waals surface area (Å²) < 4.78 is 1.83. The number of carbonyl (C=O) groups is 1. The summed E-state index contributed by atoms with van der Waals surface area (Å²) in [5.74, 6) is 1.01. The molecule has 1 aliphatic heterocycles. The Morgan fingerprint density at radius 1 is 1.12 bits per heavy atom. The monoisotopic (exact) mass is 336 g/mol. The Morgan fingerprint density at radius 2 is 1.96 bits per heavy atom. The molecule has 0 N–H and O–H groups in total. The van der Waals surface area contributed by atoms with Crippen molar-refractivity contribution in [3.05, 3.63) is 48.2 Å². The minimum atomic E-state index is 0.0496. The van der Waals surface area contributed by atoms with E-state index in [1.165, 1.54) is 0 Å². The number of nitrogens with zero attached hydrogens (tertiary/aromatic N) is 6. The Balaban J connectivity index is 1.47. The van der Waals surface area contributed by atoms with E-state index in [9.17, 15) is 4.79 Å². The molecule has 1 saturated heterocycles. The van der Waals surface area contributed by atoms with Crippen molar-refractivity contribution in [2.45, 2.75) is 13.5 Å². The number of carbonyl (C=O) groups excluding carboxylic acids is 1. The molecule has 0 aliphatic carbocycles. The topological polar surface area (TPSA) is 67.2 Å². The van der Waals surface area contributed by atoms with E-state index in [1.807, 2.05) is 52.9 Å². The van der Waals surface area contributed by atoms with E-state index in [2.05, 4.69) is 20.2 Å². The lowest BCUT2D eigenvalue weighted by Crippen LogP contribution is -2.49. The van der Waals surface area contributed by atoms with Crippen LogP contribution >= 0.6 is 0 Å². The fourth-order valence-electron chi connectivity index (χ4n) is 3.20. The molecule has 0 saturated carbocycles. The minimum Gasteiger partial charge on any atom is -0.353 e. The van der Waals surface area contributed by atoms with Crippen molar-refractivity contribution in [1.29, 1.82) is 0 Å². The number of piperazine rings is 1. The highest BCUT2D eigenvalue weighted by Gasteiger charge is 2.23. The van der Waals surface area contributed by atoms with Gasteiger partial charge in [0.1, 0.15) is 11.3 Å².